The summed E-state index contributed by atoms with van der Waals surface area (Å²) in [5.41, 5.74) is 9.10. The Labute approximate surface area is 143 Å². The fraction of sp³-hybridized carbons (Fsp3) is 0.222. The van der Waals surface area contributed by atoms with Gasteiger partial charge < -0.3 is 9.72 Å². The molecule has 0 atom stereocenters. The highest BCUT2D eigenvalue weighted by molar-refractivity contribution is 5.83. The zero-order valence-electron chi connectivity index (χ0n) is 13.4. The molecule has 4 nitrogen and oxygen atoms in total. The maximum atomic E-state index is 12.2. The van der Waals surface area contributed by atoms with Crippen LogP contribution in [0.2, 0.25) is 0 Å². The van der Waals surface area contributed by atoms with E-state index in [1.807, 2.05) is 24.4 Å². The number of alkyl halides is 3. The van der Waals surface area contributed by atoms with Gasteiger partial charge in [-0.25, -0.2) is 0 Å². The van der Waals surface area contributed by atoms with Gasteiger partial charge in [0.2, 0.25) is 0 Å². The maximum absolute atomic E-state index is 12.2. The van der Waals surface area contributed by atoms with Crippen LogP contribution in [0.25, 0.3) is 10.9 Å². The van der Waals surface area contributed by atoms with Crippen molar-refractivity contribution in [3.05, 3.63) is 65.9 Å². The number of halogens is 3. The Kier molecular flexibility index (Phi) is 5.25. The van der Waals surface area contributed by atoms with Gasteiger partial charge >= 0.3 is 6.36 Å². The van der Waals surface area contributed by atoms with Crippen molar-refractivity contribution in [2.24, 2.45) is 0 Å². The predicted octanol–water partition coefficient (Wildman–Crippen LogP) is 3.90. The highest BCUT2D eigenvalue weighted by atomic mass is 19.4. The number of ether oxygens (including phenoxy) is 1. The van der Waals surface area contributed by atoms with Crippen molar-refractivity contribution < 1.29 is 17.9 Å². The largest absolute Gasteiger partial charge is 0.573 e. The lowest BCUT2D eigenvalue weighted by Crippen LogP contribution is -2.32. The van der Waals surface area contributed by atoms with Crippen LogP contribution < -0.4 is 15.6 Å². The van der Waals surface area contributed by atoms with Crippen molar-refractivity contribution in [1.29, 1.82) is 0 Å². The minimum Gasteiger partial charge on any atom is -0.406 e. The molecule has 132 valence electrons. The van der Waals surface area contributed by atoms with Gasteiger partial charge in [-0.05, 0) is 35.7 Å². The molecule has 25 heavy (non-hydrogen) atoms. The van der Waals surface area contributed by atoms with E-state index in [0.29, 0.717) is 18.7 Å². The van der Waals surface area contributed by atoms with Gasteiger partial charge in [0.1, 0.15) is 5.75 Å². The molecule has 0 radical (unpaired) electrons. The highest BCUT2D eigenvalue weighted by Gasteiger charge is 2.31. The third kappa shape index (κ3) is 4.98. The number of fused-ring (bicyclic) bond motifs is 1. The second-order valence-corrected chi connectivity index (χ2v) is 5.59. The SMILES string of the molecule is FC(F)(F)Oc1cccc(CNNCCc2c[nH]c3ccccc23)c1. The summed E-state index contributed by atoms with van der Waals surface area (Å²) in [5.74, 6) is -0.217. The number of hydrazine groups is 1. The van der Waals surface area contributed by atoms with E-state index in [-0.39, 0.29) is 5.75 Å². The topological polar surface area (TPSA) is 49.1 Å². The van der Waals surface area contributed by atoms with E-state index in [0.717, 1.165) is 11.9 Å². The van der Waals surface area contributed by atoms with Gasteiger partial charge in [-0.2, -0.15) is 0 Å². The molecule has 0 unspecified atom stereocenters. The van der Waals surface area contributed by atoms with Gasteiger partial charge in [-0.3, -0.25) is 10.9 Å². The zero-order chi connectivity index (χ0) is 17.7. The van der Waals surface area contributed by atoms with Crippen LogP contribution in [0, 0.1) is 0 Å². The molecule has 0 fully saturated rings. The number of benzene rings is 2. The van der Waals surface area contributed by atoms with E-state index >= 15 is 0 Å². The fourth-order valence-electron chi connectivity index (χ4n) is 2.64. The minimum absolute atomic E-state index is 0.217. The zero-order valence-corrected chi connectivity index (χ0v) is 13.4. The molecule has 2 aromatic carbocycles. The van der Waals surface area contributed by atoms with Crippen molar-refractivity contribution in [1.82, 2.24) is 15.8 Å². The van der Waals surface area contributed by atoms with Crippen LogP contribution in [-0.2, 0) is 13.0 Å². The monoisotopic (exact) mass is 349 g/mol. The Morgan fingerprint density at radius 1 is 1.00 bits per heavy atom. The van der Waals surface area contributed by atoms with Crippen LogP contribution in [0.5, 0.6) is 5.75 Å². The van der Waals surface area contributed by atoms with Crippen LogP contribution in [0.15, 0.2) is 54.7 Å². The first-order chi connectivity index (χ1) is 12.0. The first-order valence-electron chi connectivity index (χ1n) is 7.87. The molecule has 0 bridgehead atoms. The average Bonchev–Trinajstić information content (AvgIpc) is 2.97. The van der Waals surface area contributed by atoms with Gasteiger partial charge in [0.15, 0.2) is 0 Å². The van der Waals surface area contributed by atoms with Crippen molar-refractivity contribution in [2.45, 2.75) is 19.3 Å². The smallest absolute Gasteiger partial charge is 0.406 e. The van der Waals surface area contributed by atoms with E-state index in [1.165, 1.54) is 29.1 Å². The Balaban J connectivity index is 1.45. The first kappa shape index (κ1) is 17.3. The Morgan fingerprint density at radius 3 is 2.68 bits per heavy atom. The molecule has 1 heterocycles. The number of aromatic amines is 1. The third-order valence-electron chi connectivity index (χ3n) is 3.74. The van der Waals surface area contributed by atoms with E-state index < -0.39 is 6.36 Å². The number of para-hydroxylation sites is 1. The molecule has 3 aromatic rings. The minimum atomic E-state index is -4.68. The number of H-pyrrole nitrogens is 1. The van der Waals surface area contributed by atoms with Gasteiger partial charge in [0.25, 0.3) is 0 Å². The lowest BCUT2D eigenvalue weighted by molar-refractivity contribution is -0.274. The van der Waals surface area contributed by atoms with Crippen LogP contribution in [0.1, 0.15) is 11.1 Å². The van der Waals surface area contributed by atoms with E-state index in [2.05, 4.69) is 26.6 Å². The number of hydrogen-bond donors (Lipinski definition) is 3. The van der Waals surface area contributed by atoms with Gasteiger partial charge in [-0.1, -0.05) is 30.3 Å². The number of hydrogen-bond acceptors (Lipinski definition) is 3. The molecule has 0 amide bonds. The lowest BCUT2D eigenvalue weighted by Gasteiger charge is -2.11. The molecular formula is C18H18F3N3O. The van der Waals surface area contributed by atoms with Crippen LogP contribution >= 0.6 is 0 Å². The second kappa shape index (κ2) is 7.58. The van der Waals surface area contributed by atoms with Crippen LogP contribution in [0.3, 0.4) is 0 Å². The maximum Gasteiger partial charge on any atom is 0.573 e. The summed E-state index contributed by atoms with van der Waals surface area (Å²) in [6, 6.07) is 14.0. The molecule has 7 heteroatoms. The van der Waals surface area contributed by atoms with Crippen molar-refractivity contribution in [2.75, 3.05) is 6.54 Å². The van der Waals surface area contributed by atoms with E-state index in [9.17, 15) is 13.2 Å². The third-order valence-corrected chi connectivity index (χ3v) is 3.74. The Morgan fingerprint density at radius 2 is 1.84 bits per heavy atom. The summed E-state index contributed by atoms with van der Waals surface area (Å²) in [7, 11) is 0. The first-order valence-corrected chi connectivity index (χ1v) is 7.87. The molecule has 0 aliphatic heterocycles. The Bertz CT molecular complexity index is 830. The summed E-state index contributed by atoms with van der Waals surface area (Å²) in [6.07, 6.45) is -1.86. The summed E-state index contributed by atoms with van der Waals surface area (Å²) in [6.45, 7) is 1.09. The quantitative estimate of drug-likeness (QED) is 0.448. The van der Waals surface area contributed by atoms with Crippen LogP contribution in [0.4, 0.5) is 13.2 Å². The van der Waals surface area contributed by atoms with Crippen molar-refractivity contribution in [3.8, 4) is 5.75 Å². The van der Waals surface area contributed by atoms with Crippen molar-refractivity contribution in [3.63, 3.8) is 0 Å². The molecule has 1 aromatic heterocycles. The van der Waals surface area contributed by atoms with Gasteiger partial charge in [0.05, 0.1) is 0 Å². The Hall–Kier alpha value is -2.51. The molecule has 0 spiro atoms. The average molecular weight is 349 g/mol. The molecule has 3 rings (SSSR count). The van der Waals surface area contributed by atoms with E-state index in [4.69, 9.17) is 0 Å². The standard InChI is InChI=1S/C18H18F3N3O/c19-18(20,21)25-15-5-3-4-13(10-15)11-24-23-9-8-14-12-22-17-7-2-1-6-16(14)17/h1-7,10,12,22-24H,8-9,11H2. The molecule has 0 saturated heterocycles. The number of rotatable bonds is 7. The summed E-state index contributed by atoms with van der Waals surface area (Å²) in [5, 5.41) is 1.20. The molecule has 3 N–H and O–H groups in total. The predicted molar refractivity (Wildman–Crippen MR) is 90.0 cm³/mol. The summed E-state index contributed by atoms with van der Waals surface area (Å²) < 4.78 is 40.6. The summed E-state index contributed by atoms with van der Waals surface area (Å²) in [4.78, 5) is 3.23. The molecule has 0 aliphatic carbocycles. The van der Waals surface area contributed by atoms with Gasteiger partial charge in [0, 0.05) is 30.2 Å². The summed E-state index contributed by atoms with van der Waals surface area (Å²) >= 11 is 0. The second-order valence-electron chi connectivity index (χ2n) is 5.59. The molecular weight excluding hydrogens is 331 g/mol. The molecule has 0 saturated carbocycles. The van der Waals surface area contributed by atoms with Gasteiger partial charge in [-0.15, -0.1) is 13.2 Å². The lowest BCUT2D eigenvalue weighted by atomic mass is 10.1. The number of aromatic nitrogens is 1. The van der Waals surface area contributed by atoms with Crippen molar-refractivity contribution >= 4 is 10.9 Å². The molecule has 0 aliphatic rings. The normalized spacial score (nSPS) is 11.8. The highest BCUT2D eigenvalue weighted by Crippen LogP contribution is 2.23. The number of nitrogens with one attached hydrogen (secondary N) is 3. The van der Waals surface area contributed by atoms with Crippen LogP contribution in [-0.4, -0.2) is 17.9 Å². The fourth-order valence-corrected chi connectivity index (χ4v) is 2.64. The van der Waals surface area contributed by atoms with E-state index in [1.54, 1.807) is 6.07 Å².